The van der Waals surface area contributed by atoms with Crippen molar-refractivity contribution in [3.63, 3.8) is 0 Å². The second-order valence-corrected chi connectivity index (χ2v) is 8.65. The van der Waals surface area contributed by atoms with E-state index < -0.39 is 21.1 Å². The zero-order valence-electron chi connectivity index (χ0n) is 15.5. The van der Waals surface area contributed by atoms with Gasteiger partial charge in [0.05, 0.1) is 15.9 Å². The summed E-state index contributed by atoms with van der Waals surface area (Å²) in [5, 5.41) is 21.5. The second-order valence-electron chi connectivity index (χ2n) is 6.97. The number of aliphatic hydroxyl groups excluding tert-OH is 1. The number of nitrogens with zero attached hydrogens (tertiary/aromatic N) is 2. The van der Waals surface area contributed by atoms with E-state index in [1.165, 1.54) is 12.1 Å². The van der Waals surface area contributed by atoms with Gasteiger partial charge in [0.2, 0.25) is 0 Å². The molecule has 2 unspecified atom stereocenters. The van der Waals surface area contributed by atoms with E-state index in [9.17, 15) is 23.6 Å². The molecule has 0 bridgehead atoms. The maximum absolute atomic E-state index is 12.6. The number of rotatable bonds is 6. The molecule has 9 heteroatoms. The Morgan fingerprint density at radius 2 is 1.96 bits per heavy atom. The van der Waals surface area contributed by atoms with Crippen molar-refractivity contribution in [2.45, 2.75) is 30.8 Å². The minimum atomic E-state index is -3.95. The van der Waals surface area contributed by atoms with Gasteiger partial charge >= 0.3 is 0 Å². The highest BCUT2D eigenvalue weighted by Gasteiger charge is 2.29. The van der Waals surface area contributed by atoms with Crippen molar-refractivity contribution in [3.05, 3.63) is 58.6 Å². The molecule has 1 heterocycles. The van der Waals surface area contributed by atoms with Crippen LogP contribution in [-0.4, -0.2) is 37.6 Å². The van der Waals surface area contributed by atoms with Crippen molar-refractivity contribution in [3.8, 4) is 0 Å². The predicted octanol–water partition coefficient (Wildman–Crippen LogP) is 2.99. The minimum Gasteiger partial charge on any atom is -0.393 e. The van der Waals surface area contributed by atoms with Crippen LogP contribution in [0.4, 0.5) is 17.1 Å². The zero-order valence-corrected chi connectivity index (χ0v) is 16.3. The average molecular weight is 405 g/mol. The molecule has 2 aromatic rings. The molecule has 1 fully saturated rings. The van der Waals surface area contributed by atoms with Gasteiger partial charge in [-0.3, -0.25) is 14.8 Å². The van der Waals surface area contributed by atoms with Crippen LogP contribution >= 0.6 is 0 Å². The molecule has 1 aliphatic heterocycles. The molecule has 0 saturated carbocycles. The van der Waals surface area contributed by atoms with Crippen LogP contribution in [0.2, 0.25) is 0 Å². The number of hydrogen-bond acceptors (Lipinski definition) is 6. The maximum atomic E-state index is 12.6. The van der Waals surface area contributed by atoms with Crippen molar-refractivity contribution in [2.24, 2.45) is 5.92 Å². The van der Waals surface area contributed by atoms with Gasteiger partial charge in [0.25, 0.3) is 15.7 Å². The first kappa shape index (κ1) is 20.1. The fourth-order valence-electron chi connectivity index (χ4n) is 3.43. The third kappa shape index (κ3) is 4.42. The fraction of sp³-hybridized carbons (Fsp3) is 0.368. The van der Waals surface area contributed by atoms with Gasteiger partial charge in [0.1, 0.15) is 5.69 Å². The largest absolute Gasteiger partial charge is 0.393 e. The summed E-state index contributed by atoms with van der Waals surface area (Å²) < 4.78 is 27.7. The summed E-state index contributed by atoms with van der Waals surface area (Å²) >= 11 is 0. The highest BCUT2D eigenvalue weighted by atomic mass is 32.2. The summed E-state index contributed by atoms with van der Waals surface area (Å²) in [7, 11) is -3.95. The van der Waals surface area contributed by atoms with E-state index in [1.54, 1.807) is 37.3 Å². The van der Waals surface area contributed by atoms with E-state index in [2.05, 4.69) is 4.72 Å². The maximum Gasteiger partial charge on any atom is 0.293 e. The van der Waals surface area contributed by atoms with Crippen molar-refractivity contribution in [1.29, 1.82) is 0 Å². The Kier molecular flexibility index (Phi) is 5.85. The number of anilines is 2. The Hall–Kier alpha value is -2.65. The predicted molar refractivity (Wildman–Crippen MR) is 107 cm³/mol. The first-order valence-electron chi connectivity index (χ1n) is 9.07. The third-order valence-corrected chi connectivity index (χ3v) is 6.34. The number of hydrogen-bond donors (Lipinski definition) is 2. The summed E-state index contributed by atoms with van der Waals surface area (Å²) in [5.74, 6) is 0.0245. The molecular weight excluding hydrogens is 382 g/mol. The van der Waals surface area contributed by atoms with Crippen LogP contribution in [0.5, 0.6) is 0 Å². The van der Waals surface area contributed by atoms with Crippen molar-refractivity contribution >= 4 is 27.1 Å². The number of nitrogens with one attached hydrogen (secondary N) is 1. The molecule has 2 aromatic carbocycles. The van der Waals surface area contributed by atoms with E-state index >= 15 is 0 Å². The number of para-hydroxylation sites is 1. The monoisotopic (exact) mass is 405 g/mol. The topological polar surface area (TPSA) is 113 Å². The number of nitro groups is 1. The molecule has 1 aliphatic rings. The smallest absolute Gasteiger partial charge is 0.293 e. The first-order chi connectivity index (χ1) is 13.3. The molecule has 8 nitrogen and oxygen atoms in total. The number of piperidine rings is 1. The Labute approximate surface area is 164 Å². The van der Waals surface area contributed by atoms with Gasteiger partial charge in [-0.05, 0) is 44.0 Å². The van der Waals surface area contributed by atoms with Gasteiger partial charge in [-0.15, -0.1) is 0 Å². The number of sulfonamides is 1. The standard InChI is InChI=1S/C19H23N3O5S/c1-14(23)15-6-5-11-21(13-15)18-10-9-17(12-19(18)22(24)25)28(26,27)20-16-7-3-2-4-8-16/h2-4,7-10,12,14-15,20,23H,5-6,11,13H2,1H3. The summed E-state index contributed by atoms with van der Waals surface area (Å²) in [6.07, 6.45) is 1.16. The Morgan fingerprint density at radius 3 is 2.61 bits per heavy atom. The molecule has 28 heavy (non-hydrogen) atoms. The molecule has 150 valence electrons. The van der Waals surface area contributed by atoms with Crippen LogP contribution < -0.4 is 9.62 Å². The first-order valence-corrected chi connectivity index (χ1v) is 10.6. The van der Waals surface area contributed by atoms with E-state index in [0.717, 1.165) is 18.9 Å². The third-order valence-electron chi connectivity index (χ3n) is 4.96. The van der Waals surface area contributed by atoms with Gasteiger partial charge in [0, 0.05) is 30.8 Å². The SMILES string of the molecule is CC(O)C1CCCN(c2ccc(S(=O)(=O)Nc3ccccc3)cc2[N+](=O)[O-])C1. The molecule has 0 aliphatic carbocycles. The molecule has 0 aromatic heterocycles. The van der Waals surface area contributed by atoms with Crippen LogP contribution in [0.3, 0.4) is 0 Å². The molecule has 0 spiro atoms. The van der Waals surface area contributed by atoms with Crippen LogP contribution in [-0.2, 0) is 10.0 Å². The fourth-order valence-corrected chi connectivity index (χ4v) is 4.51. The van der Waals surface area contributed by atoms with Gasteiger partial charge in [-0.1, -0.05) is 18.2 Å². The molecule has 1 saturated heterocycles. The zero-order chi connectivity index (χ0) is 20.3. The van der Waals surface area contributed by atoms with Crippen molar-refractivity contribution in [1.82, 2.24) is 0 Å². The van der Waals surface area contributed by atoms with E-state index in [4.69, 9.17) is 0 Å². The lowest BCUT2D eigenvalue weighted by Crippen LogP contribution is -2.39. The Balaban J connectivity index is 1.92. The van der Waals surface area contributed by atoms with E-state index in [0.29, 0.717) is 24.5 Å². The van der Waals surface area contributed by atoms with Crippen molar-refractivity contribution in [2.75, 3.05) is 22.7 Å². The van der Waals surface area contributed by atoms with Gasteiger partial charge in [0.15, 0.2) is 0 Å². The number of nitro benzene ring substituents is 1. The lowest BCUT2D eigenvalue weighted by molar-refractivity contribution is -0.384. The second kappa shape index (κ2) is 8.15. The van der Waals surface area contributed by atoms with E-state index in [-0.39, 0.29) is 16.5 Å². The average Bonchev–Trinajstić information content (AvgIpc) is 2.68. The Morgan fingerprint density at radius 1 is 1.25 bits per heavy atom. The summed E-state index contributed by atoms with van der Waals surface area (Å²) in [4.78, 5) is 12.7. The molecule has 2 N–H and O–H groups in total. The highest BCUT2D eigenvalue weighted by Crippen LogP contribution is 2.34. The lowest BCUT2D eigenvalue weighted by Gasteiger charge is -2.35. The Bertz CT molecular complexity index is 947. The number of benzene rings is 2. The normalized spacial score (nSPS) is 18.5. The van der Waals surface area contributed by atoms with Crippen LogP contribution in [0.15, 0.2) is 53.4 Å². The summed E-state index contributed by atoms with van der Waals surface area (Å²) in [6, 6.07) is 12.3. The molecule has 3 rings (SSSR count). The molecule has 0 radical (unpaired) electrons. The van der Waals surface area contributed by atoms with E-state index in [1.807, 2.05) is 4.90 Å². The van der Waals surface area contributed by atoms with Crippen molar-refractivity contribution < 1.29 is 18.4 Å². The quantitative estimate of drug-likeness (QED) is 0.564. The summed E-state index contributed by atoms with van der Waals surface area (Å²) in [5.41, 5.74) is 0.487. The molecule has 2 atom stereocenters. The van der Waals surface area contributed by atoms with Gasteiger partial charge in [-0.25, -0.2) is 8.42 Å². The van der Waals surface area contributed by atoms with Crippen LogP contribution in [0.25, 0.3) is 0 Å². The number of aliphatic hydroxyl groups is 1. The van der Waals surface area contributed by atoms with Gasteiger partial charge in [-0.2, -0.15) is 0 Å². The van der Waals surface area contributed by atoms with Crippen LogP contribution in [0, 0.1) is 16.0 Å². The highest BCUT2D eigenvalue weighted by molar-refractivity contribution is 7.92. The lowest BCUT2D eigenvalue weighted by atomic mass is 9.93. The summed E-state index contributed by atoms with van der Waals surface area (Å²) in [6.45, 7) is 2.83. The minimum absolute atomic E-state index is 0.0245. The molecule has 0 amide bonds. The van der Waals surface area contributed by atoms with Crippen LogP contribution in [0.1, 0.15) is 19.8 Å². The molecular formula is C19H23N3O5S. The van der Waals surface area contributed by atoms with Gasteiger partial charge < -0.3 is 10.0 Å².